The number of rotatable bonds is 5. The van der Waals surface area contributed by atoms with E-state index in [1.54, 1.807) is 22.3 Å². The molecule has 1 aliphatic carbocycles. The van der Waals surface area contributed by atoms with Gasteiger partial charge in [0.15, 0.2) is 5.13 Å². The van der Waals surface area contributed by atoms with Gasteiger partial charge in [-0.1, -0.05) is 18.2 Å². The van der Waals surface area contributed by atoms with Gasteiger partial charge in [0.05, 0.1) is 24.4 Å². The largest absolute Gasteiger partial charge is 0.491 e. The van der Waals surface area contributed by atoms with Crippen LogP contribution in [0.2, 0.25) is 0 Å². The summed E-state index contributed by atoms with van der Waals surface area (Å²) in [5.74, 6) is 0.340. The number of nitrogens with zero attached hydrogens (tertiary/aromatic N) is 3. The molecule has 28 heavy (non-hydrogen) atoms. The van der Waals surface area contributed by atoms with Crippen LogP contribution in [0.4, 0.5) is 10.8 Å². The van der Waals surface area contributed by atoms with Crippen molar-refractivity contribution in [3.05, 3.63) is 47.5 Å². The van der Waals surface area contributed by atoms with E-state index in [1.807, 2.05) is 24.3 Å². The summed E-state index contributed by atoms with van der Waals surface area (Å²) in [6.07, 6.45) is 6.25. The Balaban J connectivity index is 1.60. The third-order valence-electron chi connectivity index (χ3n) is 5.00. The van der Waals surface area contributed by atoms with Crippen LogP contribution in [0.1, 0.15) is 29.8 Å². The van der Waals surface area contributed by atoms with Crippen molar-refractivity contribution < 1.29 is 14.3 Å². The van der Waals surface area contributed by atoms with Crippen molar-refractivity contribution in [2.75, 3.05) is 29.5 Å². The number of hydrogen-bond acceptors (Lipinski definition) is 5. The maximum absolute atomic E-state index is 13.2. The quantitative estimate of drug-likeness (QED) is 0.726. The van der Waals surface area contributed by atoms with Crippen LogP contribution in [0.25, 0.3) is 0 Å². The number of hydrogen-bond donors (Lipinski definition) is 0. The van der Waals surface area contributed by atoms with Gasteiger partial charge in [0.2, 0.25) is 11.8 Å². The summed E-state index contributed by atoms with van der Waals surface area (Å²) in [7, 11) is 0. The monoisotopic (exact) mass is 397 g/mol. The van der Waals surface area contributed by atoms with Gasteiger partial charge >= 0.3 is 0 Å². The molecule has 2 aliphatic rings. The minimum absolute atomic E-state index is 0.0444. The zero-order valence-electron chi connectivity index (χ0n) is 15.7. The summed E-state index contributed by atoms with van der Waals surface area (Å²) in [4.78, 5) is 35.0. The summed E-state index contributed by atoms with van der Waals surface area (Å²) in [5, 5.41) is 0.698. The number of benzene rings is 1. The van der Waals surface area contributed by atoms with Gasteiger partial charge in [-0.25, -0.2) is 4.98 Å². The number of carbonyl (C=O) groups excluding carboxylic acids is 2. The maximum Gasteiger partial charge on any atom is 0.249 e. The first-order valence-electron chi connectivity index (χ1n) is 9.59. The fraction of sp³-hybridized carbons (Fsp3) is 0.381. The van der Waals surface area contributed by atoms with E-state index in [1.165, 1.54) is 16.2 Å². The molecule has 2 aromatic rings. The third kappa shape index (κ3) is 3.67. The van der Waals surface area contributed by atoms with Crippen LogP contribution in [-0.2, 0) is 22.4 Å². The molecule has 0 radical (unpaired) electrons. The fourth-order valence-corrected chi connectivity index (χ4v) is 4.76. The number of carbonyl (C=O) groups is 2. The van der Waals surface area contributed by atoms with Crippen LogP contribution in [0.15, 0.2) is 36.9 Å². The summed E-state index contributed by atoms with van der Waals surface area (Å²) in [5.41, 5.74) is 1.74. The summed E-state index contributed by atoms with van der Waals surface area (Å²) >= 11 is 1.58. The van der Waals surface area contributed by atoms with Crippen LogP contribution in [0, 0.1) is 0 Å². The summed E-state index contributed by atoms with van der Waals surface area (Å²) in [6, 6.07) is 7.33. The van der Waals surface area contributed by atoms with Crippen LogP contribution in [0.5, 0.6) is 5.75 Å². The molecule has 0 saturated carbocycles. The smallest absolute Gasteiger partial charge is 0.249 e. The zero-order chi connectivity index (χ0) is 19.5. The van der Waals surface area contributed by atoms with Gasteiger partial charge in [0.1, 0.15) is 12.3 Å². The molecule has 0 unspecified atom stereocenters. The van der Waals surface area contributed by atoms with Crippen molar-refractivity contribution in [1.82, 2.24) is 4.98 Å². The second kappa shape index (κ2) is 8.14. The average Bonchev–Trinajstić information content (AvgIpc) is 3.07. The van der Waals surface area contributed by atoms with Crippen LogP contribution in [-0.4, -0.2) is 36.5 Å². The number of thiazole rings is 1. The Bertz CT molecular complexity index is 885. The molecule has 0 bridgehead atoms. The lowest BCUT2D eigenvalue weighted by molar-refractivity contribution is -0.122. The number of para-hydroxylation sites is 2. The van der Waals surface area contributed by atoms with Gasteiger partial charge in [0.25, 0.3) is 0 Å². The molecule has 2 heterocycles. The lowest BCUT2D eigenvalue weighted by Gasteiger charge is -2.25. The zero-order valence-corrected chi connectivity index (χ0v) is 16.5. The molecule has 0 atom stereocenters. The predicted molar refractivity (Wildman–Crippen MR) is 110 cm³/mol. The van der Waals surface area contributed by atoms with E-state index in [4.69, 9.17) is 9.72 Å². The summed E-state index contributed by atoms with van der Waals surface area (Å²) in [6.45, 7) is 4.42. The molecule has 0 spiro atoms. The van der Waals surface area contributed by atoms with Gasteiger partial charge in [0, 0.05) is 11.4 Å². The number of anilines is 2. The van der Waals surface area contributed by atoms with Crippen molar-refractivity contribution in [2.24, 2.45) is 0 Å². The Labute approximate surface area is 168 Å². The van der Waals surface area contributed by atoms with Gasteiger partial charge in [-0.05, 0) is 37.8 Å². The highest BCUT2D eigenvalue weighted by Crippen LogP contribution is 2.33. The van der Waals surface area contributed by atoms with Crippen molar-refractivity contribution >= 4 is 34.0 Å². The third-order valence-corrected chi connectivity index (χ3v) is 6.18. The molecule has 0 N–H and O–H groups in total. The highest BCUT2D eigenvalue weighted by atomic mass is 32.1. The topological polar surface area (TPSA) is 62.7 Å². The van der Waals surface area contributed by atoms with Crippen LogP contribution >= 0.6 is 11.3 Å². The normalized spacial score (nSPS) is 15.9. The highest BCUT2D eigenvalue weighted by molar-refractivity contribution is 7.16. The van der Waals surface area contributed by atoms with E-state index in [-0.39, 0.29) is 24.8 Å². The Hall–Kier alpha value is -2.67. The molecule has 6 nitrogen and oxygen atoms in total. The molecule has 2 amide bonds. The Kier molecular flexibility index (Phi) is 5.43. The molecule has 1 aromatic heterocycles. The number of aromatic nitrogens is 1. The van der Waals surface area contributed by atoms with E-state index < -0.39 is 0 Å². The molecule has 4 rings (SSSR count). The van der Waals surface area contributed by atoms with Crippen LogP contribution in [0.3, 0.4) is 0 Å². The lowest BCUT2D eigenvalue weighted by atomic mass is 10.0. The second-order valence-corrected chi connectivity index (χ2v) is 7.97. The van der Waals surface area contributed by atoms with Gasteiger partial charge < -0.3 is 4.74 Å². The van der Waals surface area contributed by atoms with E-state index >= 15 is 0 Å². The van der Waals surface area contributed by atoms with E-state index in [9.17, 15) is 9.59 Å². The highest BCUT2D eigenvalue weighted by Gasteiger charge is 2.29. The standard InChI is InChI=1S/C21H23N3O3S/c1-2-12-23(21-22-15-7-3-6-10-18(15)28-21)20(26)14-24-16-8-4-5-9-17(16)27-13-11-19(24)25/h2,4-5,8-9H,1,3,6-7,10-14H2. The van der Waals surface area contributed by atoms with Gasteiger partial charge in [-0.15, -0.1) is 17.9 Å². The fourth-order valence-electron chi connectivity index (χ4n) is 3.58. The molecule has 0 saturated heterocycles. The molecule has 0 fully saturated rings. The lowest BCUT2D eigenvalue weighted by Crippen LogP contribution is -2.43. The molecule has 1 aliphatic heterocycles. The SMILES string of the molecule is C=CCN(C(=O)CN1C(=O)CCOc2ccccc21)c1nc2c(s1)CCCC2. The van der Waals surface area contributed by atoms with Crippen molar-refractivity contribution in [3.8, 4) is 5.75 Å². The second-order valence-electron chi connectivity index (χ2n) is 6.91. The van der Waals surface area contributed by atoms with Crippen molar-refractivity contribution in [3.63, 3.8) is 0 Å². The minimum atomic E-state index is -0.170. The minimum Gasteiger partial charge on any atom is -0.491 e. The maximum atomic E-state index is 13.2. The Morgan fingerprint density at radius 1 is 1.29 bits per heavy atom. The first kappa shape index (κ1) is 18.7. The van der Waals surface area contributed by atoms with E-state index in [0.717, 1.165) is 25.0 Å². The first-order valence-corrected chi connectivity index (χ1v) is 10.4. The van der Waals surface area contributed by atoms with Gasteiger partial charge in [-0.2, -0.15) is 0 Å². The first-order chi connectivity index (χ1) is 13.7. The van der Waals surface area contributed by atoms with E-state index in [2.05, 4.69) is 6.58 Å². The number of ether oxygens (including phenoxy) is 1. The molecule has 1 aromatic carbocycles. The van der Waals surface area contributed by atoms with E-state index in [0.29, 0.717) is 29.7 Å². The molecule has 7 heteroatoms. The number of fused-ring (bicyclic) bond motifs is 2. The molecular weight excluding hydrogens is 374 g/mol. The van der Waals surface area contributed by atoms with Crippen molar-refractivity contribution in [1.29, 1.82) is 0 Å². The molecule has 146 valence electrons. The number of amides is 2. The van der Waals surface area contributed by atoms with Crippen LogP contribution < -0.4 is 14.5 Å². The van der Waals surface area contributed by atoms with Crippen molar-refractivity contribution in [2.45, 2.75) is 32.1 Å². The Morgan fingerprint density at radius 3 is 2.93 bits per heavy atom. The summed E-state index contributed by atoms with van der Waals surface area (Å²) < 4.78 is 5.66. The number of aryl methyl sites for hydroxylation is 2. The molecular formula is C21H23N3O3S. The average molecular weight is 398 g/mol. The predicted octanol–water partition coefficient (Wildman–Crippen LogP) is 3.36. The van der Waals surface area contributed by atoms with Gasteiger partial charge in [-0.3, -0.25) is 19.4 Å². The Morgan fingerprint density at radius 2 is 2.11 bits per heavy atom.